The molecular formula is C16H16BrN7O. The topological polar surface area (TPSA) is 97.6 Å². The predicted octanol–water partition coefficient (Wildman–Crippen LogP) is 1.97. The van der Waals surface area contributed by atoms with E-state index in [0.29, 0.717) is 36.1 Å². The molecule has 0 fully saturated rings. The van der Waals surface area contributed by atoms with E-state index in [-0.39, 0.29) is 5.91 Å². The number of carbonyl (C=O) groups is 1. The quantitative estimate of drug-likeness (QED) is 0.612. The summed E-state index contributed by atoms with van der Waals surface area (Å²) in [4.78, 5) is 24.7. The van der Waals surface area contributed by atoms with Crippen LogP contribution in [0.3, 0.4) is 0 Å². The normalized spacial score (nSPS) is 10.5. The highest BCUT2D eigenvalue weighted by molar-refractivity contribution is 9.10. The second-order valence-electron chi connectivity index (χ2n) is 5.18. The minimum atomic E-state index is -0.174. The molecule has 0 spiro atoms. The highest BCUT2D eigenvalue weighted by Crippen LogP contribution is 2.10. The minimum absolute atomic E-state index is 0.174. The van der Waals surface area contributed by atoms with E-state index >= 15 is 0 Å². The molecular weight excluding hydrogens is 386 g/mol. The van der Waals surface area contributed by atoms with E-state index in [1.54, 1.807) is 29.2 Å². The Bertz CT molecular complexity index is 867. The monoisotopic (exact) mass is 401 g/mol. The summed E-state index contributed by atoms with van der Waals surface area (Å²) >= 11 is 3.30. The summed E-state index contributed by atoms with van der Waals surface area (Å²) in [5, 5.41) is 10.2. The first kappa shape index (κ1) is 17.0. The smallest absolute Gasteiger partial charge is 0.252 e. The van der Waals surface area contributed by atoms with Gasteiger partial charge in [-0.05, 0) is 35.0 Å². The molecule has 0 aliphatic heterocycles. The summed E-state index contributed by atoms with van der Waals surface area (Å²) in [6, 6.07) is 5.36. The fourth-order valence-electron chi connectivity index (χ4n) is 2.17. The Morgan fingerprint density at radius 3 is 2.88 bits per heavy atom. The molecule has 0 atom stereocenters. The largest absolute Gasteiger partial charge is 0.368 e. The maximum absolute atomic E-state index is 12.0. The number of pyridine rings is 1. The van der Waals surface area contributed by atoms with Crippen LogP contribution in [0.15, 0.2) is 47.5 Å². The number of aryl methyl sites for hydroxylation is 1. The molecule has 0 saturated carbocycles. The molecule has 0 aliphatic rings. The second kappa shape index (κ2) is 7.84. The molecule has 128 valence electrons. The number of carbonyl (C=O) groups excluding carboxylic acids is 1. The number of hydrogen-bond acceptors (Lipinski definition) is 6. The lowest BCUT2D eigenvalue weighted by molar-refractivity contribution is 0.0954. The van der Waals surface area contributed by atoms with Crippen molar-refractivity contribution in [2.75, 3.05) is 18.4 Å². The van der Waals surface area contributed by atoms with Crippen molar-refractivity contribution < 1.29 is 4.79 Å². The number of hydrogen-bond donors (Lipinski definition) is 2. The van der Waals surface area contributed by atoms with Crippen LogP contribution >= 0.6 is 15.9 Å². The molecule has 3 aromatic heterocycles. The van der Waals surface area contributed by atoms with Crippen molar-refractivity contribution in [1.82, 2.24) is 30.0 Å². The fraction of sp³-hybridized carbons (Fsp3) is 0.188. The van der Waals surface area contributed by atoms with Crippen LogP contribution in [0, 0.1) is 6.92 Å². The van der Waals surface area contributed by atoms with Gasteiger partial charge in [0.15, 0.2) is 5.82 Å². The van der Waals surface area contributed by atoms with Crippen LogP contribution in [0.4, 0.5) is 5.82 Å². The molecule has 0 radical (unpaired) electrons. The van der Waals surface area contributed by atoms with Gasteiger partial charge in [0, 0.05) is 48.4 Å². The number of nitrogens with zero attached hydrogens (tertiary/aromatic N) is 5. The summed E-state index contributed by atoms with van der Waals surface area (Å²) in [6.07, 6.45) is 6.67. The number of aromatic nitrogens is 5. The SMILES string of the molecule is Cc1nc(NCCNC(=O)c2cncc(Br)c2)cc(-n2cccn2)n1. The van der Waals surface area contributed by atoms with E-state index in [1.165, 1.54) is 6.20 Å². The molecule has 2 N–H and O–H groups in total. The Kier molecular flexibility index (Phi) is 5.34. The van der Waals surface area contributed by atoms with E-state index in [2.05, 4.69) is 46.6 Å². The maximum atomic E-state index is 12.0. The number of rotatable bonds is 6. The fourth-order valence-corrected chi connectivity index (χ4v) is 2.53. The van der Waals surface area contributed by atoms with E-state index < -0.39 is 0 Å². The molecule has 25 heavy (non-hydrogen) atoms. The van der Waals surface area contributed by atoms with E-state index in [9.17, 15) is 4.79 Å². The Hall–Kier alpha value is -2.81. The molecule has 0 saturated heterocycles. The van der Waals surface area contributed by atoms with Crippen molar-refractivity contribution in [3.05, 3.63) is 58.8 Å². The lowest BCUT2D eigenvalue weighted by Gasteiger charge is -2.09. The second-order valence-corrected chi connectivity index (χ2v) is 6.10. The lowest BCUT2D eigenvalue weighted by Crippen LogP contribution is -2.29. The van der Waals surface area contributed by atoms with Crippen LogP contribution in [-0.4, -0.2) is 43.7 Å². The standard InChI is InChI=1S/C16H16BrN7O/c1-11-22-14(8-15(23-11)24-6-2-3-21-24)19-4-5-20-16(25)12-7-13(17)10-18-9-12/h2-3,6-10H,4-5H2,1H3,(H,20,25)(H,19,22,23). The Morgan fingerprint density at radius 1 is 1.24 bits per heavy atom. The number of anilines is 1. The Morgan fingerprint density at radius 2 is 2.12 bits per heavy atom. The summed E-state index contributed by atoms with van der Waals surface area (Å²) in [5.41, 5.74) is 0.508. The van der Waals surface area contributed by atoms with Gasteiger partial charge in [0.25, 0.3) is 5.91 Å². The van der Waals surface area contributed by atoms with Crippen LogP contribution in [0.1, 0.15) is 16.2 Å². The molecule has 0 unspecified atom stereocenters. The van der Waals surface area contributed by atoms with Gasteiger partial charge in [-0.25, -0.2) is 14.6 Å². The Balaban J connectivity index is 1.55. The first-order chi connectivity index (χ1) is 12.1. The van der Waals surface area contributed by atoms with Gasteiger partial charge in [0.1, 0.15) is 11.6 Å². The molecule has 1 amide bonds. The predicted molar refractivity (Wildman–Crippen MR) is 96.7 cm³/mol. The minimum Gasteiger partial charge on any atom is -0.368 e. The van der Waals surface area contributed by atoms with Crippen LogP contribution in [0.2, 0.25) is 0 Å². The molecule has 3 aromatic rings. The van der Waals surface area contributed by atoms with Gasteiger partial charge in [0.05, 0.1) is 5.56 Å². The Labute approximate surface area is 152 Å². The summed E-state index contributed by atoms with van der Waals surface area (Å²) in [5.74, 6) is 1.83. The van der Waals surface area contributed by atoms with Gasteiger partial charge in [0.2, 0.25) is 0 Å². The van der Waals surface area contributed by atoms with E-state index in [4.69, 9.17) is 0 Å². The van der Waals surface area contributed by atoms with Crippen LogP contribution in [-0.2, 0) is 0 Å². The van der Waals surface area contributed by atoms with Crippen molar-refractivity contribution in [1.29, 1.82) is 0 Å². The number of nitrogens with one attached hydrogen (secondary N) is 2. The molecule has 0 aliphatic carbocycles. The molecule has 3 heterocycles. The van der Waals surface area contributed by atoms with Crippen molar-refractivity contribution >= 4 is 27.7 Å². The van der Waals surface area contributed by atoms with Crippen molar-refractivity contribution in [3.63, 3.8) is 0 Å². The third kappa shape index (κ3) is 4.60. The third-order valence-corrected chi connectivity index (χ3v) is 3.68. The van der Waals surface area contributed by atoms with Crippen molar-refractivity contribution in [2.24, 2.45) is 0 Å². The zero-order valence-corrected chi connectivity index (χ0v) is 15.1. The van der Waals surface area contributed by atoms with Gasteiger partial charge >= 0.3 is 0 Å². The first-order valence-corrected chi connectivity index (χ1v) is 8.39. The summed E-state index contributed by atoms with van der Waals surface area (Å²) in [7, 11) is 0. The van der Waals surface area contributed by atoms with Crippen molar-refractivity contribution in [3.8, 4) is 5.82 Å². The molecule has 8 nitrogen and oxygen atoms in total. The average molecular weight is 402 g/mol. The van der Waals surface area contributed by atoms with E-state index in [1.807, 2.05) is 19.2 Å². The molecule has 3 rings (SSSR count). The first-order valence-electron chi connectivity index (χ1n) is 7.60. The van der Waals surface area contributed by atoms with Gasteiger partial charge < -0.3 is 10.6 Å². The molecule has 0 bridgehead atoms. The zero-order valence-electron chi connectivity index (χ0n) is 13.5. The van der Waals surface area contributed by atoms with Gasteiger partial charge in [-0.2, -0.15) is 5.10 Å². The molecule has 0 aromatic carbocycles. The van der Waals surface area contributed by atoms with Gasteiger partial charge in [-0.3, -0.25) is 9.78 Å². The van der Waals surface area contributed by atoms with Crippen molar-refractivity contribution in [2.45, 2.75) is 6.92 Å². The summed E-state index contributed by atoms with van der Waals surface area (Å²) in [6.45, 7) is 2.80. The number of amides is 1. The third-order valence-electron chi connectivity index (χ3n) is 3.25. The molecule has 9 heteroatoms. The average Bonchev–Trinajstić information content (AvgIpc) is 3.13. The van der Waals surface area contributed by atoms with Crippen LogP contribution in [0.25, 0.3) is 5.82 Å². The van der Waals surface area contributed by atoms with Crippen LogP contribution in [0.5, 0.6) is 0 Å². The maximum Gasteiger partial charge on any atom is 0.252 e. The summed E-state index contributed by atoms with van der Waals surface area (Å²) < 4.78 is 2.43. The number of halogens is 1. The highest BCUT2D eigenvalue weighted by Gasteiger charge is 2.07. The van der Waals surface area contributed by atoms with Crippen LogP contribution < -0.4 is 10.6 Å². The highest BCUT2D eigenvalue weighted by atomic mass is 79.9. The van der Waals surface area contributed by atoms with Gasteiger partial charge in [-0.1, -0.05) is 0 Å². The lowest BCUT2D eigenvalue weighted by atomic mass is 10.3. The van der Waals surface area contributed by atoms with E-state index in [0.717, 1.165) is 4.47 Å². The zero-order chi connectivity index (χ0) is 17.6. The van der Waals surface area contributed by atoms with Gasteiger partial charge in [-0.15, -0.1) is 0 Å².